The van der Waals surface area contributed by atoms with Gasteiger partial charge in [-0.3, -0.25) is 4.79 Å². The minimum absolute atomic E-state index is 0.429. The quantitative estimate of drug-likeness (QED) is 0.835. The zero-order chi connectivity index (χ0) is 12.1. The van der Waals surface area contributed by atoms with Gasteiger partial charge < -0.3 is 10.2 Å². The Morgan fingerprint density at radius 2 is 1.88 bits per heavy atom. The van der Waals surface area contributed by atoms with Crippen LogP contribution in [0.25, 0.3) is 0 Å². The first-order chi connectivity index (χ1) is 7.50. The number of aliphatic hydroxyl groups excluding tert-OH is 1. The van der Waals surface area contributed by atoms with E-state index in [2.05, 4.69) is 0 Å². The summed E-state index contributed by atoms with van der Waals surface area (Å²) in [7, 11) is 0. The van der Waals surface area contributed by atoms with Gasteiger partial charge in [0.2, 0.25) is 0 Å². The Labute approximate surface area is 99.7 Å². The van der Waals surface area contributed by atoms with E-state index in [0.29, 0.717) is 17.9 Å². The van der Waals surface area contributed by atoms with Gasteiger partial charge in [0.15, 0.2) is 0 Å². The van der Waals surface area contributed by atoms with Crippen molar-refractivity contribution in [2.45, 2.75) is 25.9 Å². The van der Waals surface area contributed by atoms with E-state index in [0.717, 1.165) is 5.56 Å². The molecule has 0 saturated carbocycles. The van der Waals surface area contributed by atoms with Gasteiger partial charge in [-0.05, 0) is 30.5 Å². The van der Waals surface area contributed by atoms with Crippen LogP contribution in [0.4, 0.5) is 0 Å². The zero-order valence-corrected chi connectivity index (χ0v) is 9.81. The largest absolute Gasteiger partial charge is 0.481 e. The molecule has 0 spiro atoms. The second kappa shape index (κ2) is 5.87. The van der Waals surface area contributed by atoms with Gasteiger partial charge in [0, 0.05) is 5.02 Å². The van der Waals surface area contributed by atoms with Gasteiger partial charge in [0.05, 0.1) is 12.0 Å². The summed E-state index contributed by atoms with van der Waals surface area (Å²) in [5.41, 5.74) is 0.766. The lowest BCUT2D eigenvalue weighted by atomic mass is 9.99. The zero-order valence-electron chi connectivity index (χ0n) is 9.06. The average molecular weight is 243 g/mol. The first kappa shape index (κ1) is 13.0. The van der Waals surface area contributed by atoms with Crippen LogP contribution in [0, 0.1) is 5.92 Å². The van der Waals surface area contributed by atoms with Crippen molar-refractivity contribution in [1.82, 2.24) is 0 Å². The molecule has 0 bridgehead atoms. The van der Waals surface area contributed by atoms with Crippen molar-refractivity contribution in [3.8, 4) is 0 Å². The molecule has 1 aromatic carbocycles. The molecule has 0 aliphatic carbocycles. The van der Waals surface area contributed by atoms with Gasteiger partial charge in [0.1, 0.15) is 0 Å². The number of carboxylic acid groups (broad SMARTS) is 1. The van der Waals surface area contributed by atoms with Crippen molar-refractivity contribution in [3.63, 3.8) is 0 Å². The van der Waals surface area contributed by atoms with Gasteiger partial charge in [-0.1, -0.05) is 30.7 Å². The molecule has 88 valence electrons. The molecule has 1 aromatic rings. The summed E-state index contributed by atoms with van der Waals surface area (Å²) in [5, 5.41) is 19.1. The highest BCUT2D eigenvalue weighted by atomic mass is 35.5. The summed E-state index contributed by atoms with van der Waals surface area (Å²) < 4.78 is 0. The molecule has 0 heterocycles. The molecular formula is C12H15ClO3. The predicted molar refractivity (Wildman–Crippen MR) is 62.4 cm³/mol. The molecule has 0 amide bonds. The Hall–Kier alpha value is -1.06. The summed E-state index contributed by atoms with van der Waals surface area (Å²) >= 11 is 5.73. The molecule has 2 atom stereocenters. The van der Waals surface area contributed by atoms with Crippen LogP contribution in [0.3, 0.4) is 0 Å². The maximum Gasteiger partial charge on any atom is 0.306 e. The molecule has 0 aliphatic heterocycles. The third kappa shape index (κ3) is 3.83. The molecule has 3 nitrogen and oxygen atoms in total. The van der Waals surface area contributed by atoms with E-state index in [1.807, 2.05) is 0 Å². The third-order valence-corrected chi connectivity index (χ3v) is 2.80. The smallest absolute Gasteiger partial charge is 0.306 e. The van der Waals surface area contributed by atoms with Crippen LogP contribution in [0.2, 0.25) is 5.02 Å². The van der Waals surface area contributed by atoms with E-state index in [1.165, 1.54) is 0 Å². The van der Waals surface area contributed by atoms with Crippen molar-refractivity contribution in [1.29, 1.82) is 0 Å². The predicted octanol–water partition coefficient (Wildman–Crippen LogP) is 2.87. The Morgan fingerprint density at radius 1 is 1.31 bits per heavy atom. The molecule has 0 radical (unpaired) electrons. The van der Waals surface area contributed by atoms with Crippen LogP contribution in [0.5, 0.6) is 0 Å². The SMILES string of the molecule is C[C@@H](CC[C@@H](O)c1ccc(Cl)cc1)C(=O)O. The Kier molecular flexibility index (Phi) is 4.77. The van der Waals surface area contributed by atoms with E-state index >= 15 is 0 Å². The molecule has 1 rings (SSSR count). The van der Waals surface area contributed by atoms with Crippen LogP contribution in [0.1, 0.15) is 31.4 Å². The first-order valence-electron chi connectivity index (χ1n) is 5.17. The fourth-order valence-electron chi connectivity index (χ4n) is 1.38. The lowest BCUT2D eigenvalue weighted by molar-refractivity contribution is -0.141. The highest BCUT2D eigenvalue weighted by Crippen LogP contribution is 2.22. The molecule has 0 saturated heterocycles. The molecule has 0 aromatic heterocycles. The first-order valence-corrected chi connectivity index (χ1v) is 5.55. The van der Waals surface area contributed by atoms with Gasteiger partial charge in [-0.15, -0.1) is 0 Å². The van der Waals surface area contributed by atoms with Crippen molar-refractivity contribution in [2.24, 2.45) is 5.92 Å². The number of rotatable bonds is 5. The fraction of sp³-hybridized carbons (Fsp3) is 0.417. The molecular weight excluding hydrogens is 228 g/mol. The maximum atomic E-state index is 10.6. The number of hydrogen-bond donors (Lipinski definition) is 2. The van der Waals surface area contributed by atoms with Gasteiger partial charge >= 0.3 is 5.97 Å². The summed E-state index contributed by atoms with van der Waals surface area (Å²) in [5.74, 6) is -1.26. The Bertz CT molecular complexity index is 348. The topological polar surface area (TPSA) is 57.5 Å². The van der Waals surface area contributed by atoms with Crippen molar-refractivity contribution >= 4 is 17.6 Å². The number of carbonyl (C=O) groups is 1. The normalized spacial score (nSPS) is 14.4. The highest BCUT2D eigenvalue weighted by molar-refractivity contribution is 6.30. The number of hydrogen-bond acceptors (Lipinski definition) is 2. The number of carboxylic acids is 1. The Balaban J connectivity index is 2.49. The third-order valence-electron chi connectivity index (χ3n) is 2.55. The number of aliphatic hydroxyl groups is 1. The monoisotopic (exact) mass is 242 g/mol. The van der Waals surface area contributed by atoms with Crippen LogP contribution in [-0.4, -0.2) is 16.2 Å². The van der Waals surface area contributed by atoms with E-state index in [-0.39, 0.29) is 0 Å². The number of benzene rings is 1. The van der Waals surface area contributed by atoms with Crippen molar-refractivity contribution in [3.05, 3.63) is 34.9 Å². The number of halogens is 1. The molecule has 16 heavy (non-hydrogen) atoms. The number of aliphatic carboxylic acids is 1. The second-order valence-electron chi connectivity index (χ2n) is 3.88. The molecule has 4 heteroatoms. The summed E-state index contributed by atoms with van der Waals surface area (Å²) in [6, 6.07) is 6.92. The van der Waals surface area contributed by atoms with Crippen LogP contribution < -0.4 is 0 Å². The lowest BCUT2D eigenvalue weighted by Crippen LogP contribution is -2.11. The lowest BCUT2D eigenvalue weighted by Gasteiger charge is -2.12. The van der Waals surface area contributed by atoms with Gasteiger partial charge in [0.25, 0.3) is 0 Å². The van der Waals surface area contributed by atoms with Gasteiger partial charge in [-0.2, -0.15) is 0 Å². The van der Waals surface area contributed by atoms with E-state index < -0.39 is 18.0 Å². The fourth-order valence-corrected chi connectivity index (χ4v) is 1.51. The summed E-state index contributed by atoms with van der Waals surface area (Å²) in [4.78, 5) is 10.6. The molecule has 0 unspecified atom stereocenters. The van der Waals surface area contributed by atoms with Crippen molar-refractivity contribution < 1.29 is 15.0 Å². The van der Waals surface area contributed by atoms with Crippen molar-refractivity contribution in [2.75, 3.05) is 0 Å². The molecule has 2 N–H and O–H groups in total. The van der Waals surface area contributed by atoms with E-state index in [4.69, 9.17) is 16.7 Å². The Morgan fingerprint density at radius 3 is 2.38 bits per heavy atom. The standard InChI is InChI=1S/C12H15ClO3/c1-8(12(15)16)2-7-11(14)9-3-5-10(13)6-4-9/h3-6,8,11,14H,2,7H2,1H3,(H,15,16)/t8-,11+/m0/s1. The second-order valence-corrected chi connectivity index (χ2v) is 4.32. The summed E-state index contributed by atoms with van der Waals surface area (Å²) in [6.07, 6.45) is 0.271. The van der Waals surface area contributed by atoms with Crippen LogP contribution >= 0.6 is 11.6 Å². The van der Waals surface area contributed by atoms with E-state index in [9.17, 15) is 9.90 Å². The average Bonchev–Trinajstić information content (AvgIpc) is 2.26. The highest BCUT2D eigenvalue weighted by Gasteiger charge is 2.14. The minimum Gasteiger partial charge on any atom is -0.481 e. The van der Waals surface area contributed by atoms with Gasteiger partial charge in [-0.25, -0.2) is 0 Å². The van der Waals surface area contributed by atoms with E-state index in [1.54, 1.807) is 31.2 Å². The van der Waals surface area contributed by atoms with Crippen LogP contribution in [-0.2, 0) is 4.79 Å². The minimum atomic E-state index is -0.830. The van der Waals surface area contributed by atoms with Crippen LogP contribution in [0.15, 0.2) is 24.3 Å². The molecule has 0 aliphatic rings. The maximum absolute atomic E-state index is 10.6. The molecule has 0 fully saturated rings. The summed E-state index contributed by atoms with van der Waals surface area (Å²) in [6.45, 7) is 1.64.